The molecule has 0 aliphatic heterocycles. The lowest BCUT2D eigenvalue weighted by Gasteiger charge is -2.07. The van der Waals surface area contributed by atoms with E-state index in [-0.39, 0.29) is 0 Å². The Labute approximate surface area is 174 Å². The fourth-order valence-corrected chi connectivity index (χ4v) is 3.77. The molecule has 0 bridgehead atoms. The van der Waals surface area contributed by atoms with Crippen LogP contribution in [0.4, 0.5) is 0 Å². The fraction of sp³-hybridized carbons (Fsp3) is 0.423. The zero-order valence-corrected chi connectivity index (χ0v) is 17.4. The summed E-state index contributed by atoms with van der Waals surface area (Å²) in [6.07, 6.45) is 12.9. The summed E-state index contributed by atoms with van der Waals surface area (Å²) in [5, 5.41) is 10.0. The Morgan fingerprint density at radius 1 is 0.759 bits per heavy atom. The van der Waals surface area contributed by atoms with Gasteiger partial charge < -0.3 is 9.30 Å². The maximum Gasteiger partial charge on any atom is 0.119 e. The molecule has 0 saturated carbocycles. The summed E-state index contributed by atoms with van der Waals surface area (Å²) in [4.78, 5) is 0. The normalized spacial score (nSPS) is 10.9. The van der Waals surface area contributed by atoms with Gasteiger partial charge in [0.2, 0.25) is 0 Å². The highest BCUT2D eigenvalue weighted by Gasteiger charge is 2.00. The summed E-state index contributed by atoms with van der Waals surface area (Å²) >= 11 is 0. The molecule has 0 amide bonds. The van der Waals surface area contributed by atoms with Gasteiger partial charge in [-0.25, -0.2) is 0 Å². The predicted molar refractivity (Wildman–Crippen MR) is 120 cm³/mol. The molecule has 2 aromatic carbocycles. The lowest BCUT2D eigenvalue weighted by atomic mass is 10.1. The molecule has 0 radical (unpaired) electrons. The van der Waals surface area contributed by atoms with Crippen LogP contribution in [0, 0.1) is 11.3 Å². The first kappa shape index (κ1) is 21.0. The molecule has 152 valence electrons. The monoisotopic (exact) mass is 388 g/mol. The van der Waals surface area contributed by atoms with Crippen LogP contribution in [0.3, 0.4) is 0 Å². The fourth-order valence-electron chi connectivity index (χ4n) is 3.77. The Kier molecular flexibility index (Phi) is 8.66. The molecule has 3 rings (SSSR count). The Hall–Kier alpha value is -2.73. The van der Waals surface area contributed by atoms with Crippen LogP contribution < -0.4 is 4.74 Å². The first-order chi connectivity index (χ1) is 14.4. The minimum Gasteiger partial charge on any atom is -0.494 e. The molecule has 0 N–H and O–H groups in total. The first-order valence-corrected chi connectivity index (χ1v) is 11.0. The highest BCUT2D eigenvalue weighted by atomic mass is 16.5. The van der Waals surface area contributed by atoms with E-state index in [0.29, 0.717) is 6.42 Å². The third kappa shape index (κ3) is 6.98. The molecular formula is C26H32N2O. The molecule has 0 fully saturated rings. The number of nitriles is 1. The predicted octanol–water partition coefficient (Wildman–Crippen LogP) is 6.91. The van der Waals surface area contributed by atoms with Crippen molar-refractivity contribution in [2.24, 2.45) is 0 Å². The lowest BCUT2D eigenvalue weighted by Crippen LogP contribution is -1.97. The third-order valence-corrected chi connectivity index (χ3v) is 5.45. The van der Waals surface area contributed by atoms with Crippen LogP contribution in [0.1, 0.15) is 56.9 Å². The molecule has 1 aromatic heterocycles. The second-order valence-corrected chi connectivity index (χ2v) is 7.72. The van der Waals surface area contributed by atoms with Gasteiger partial charge in [-0.05, 0) is 48.1 Å². The number of ether oxygens (including phenoxy) is 1. The van der Waals surface area contributed by atoms with Crippen LogP contribution in [0.15, 0.2) is 60.8 Å². The Morgan fingerprint density at radius 2 is 1.45 bits per heavy atom. The Morgan fingerprint density at radius 3 is 2.21 bits per heavy atom. The molecule has 0 atom stereocenters. The van der Waals surface area contributed by atoms with Crippen molar-refractivity contribution >= 4 is 10.9 Å². The van der Waals surface area contributed by atoms with Gasteiger partial charge in [0.05, 0.1) is 19.1 Å². The maximum absolute atomic E-state index is 8.69. The summed E-state index contributed by atoms with van der Waals surface area (Å²) in [5.41, 5.74) is 2.40. The van der Waals surface area contributed by atoms with Gasteiger partial charge in [0, 0.05) is 18.3 Å². The number of benzene rings is 2. The molecule has 3 nitrogen and oxygen atoms in total. The number of para-hydroxylation sites is 1. The molecule has 0 unspecified atom stereocenters. The van der Waals surface area contributed by atoms with E-state index < -0.39 is 0 Å². The molecule has 3 aromatic rings. The number of nitrogens with zero attached hydrogens (tertiary/aromatic N) is 2. The van der Waals surface area contributed by atoms with Crippen LogP contribution in [0.2, 0.25) is 0 Å². The van der Waals surface area contributed by atoms with Gasteiger partial charge in [-0.1, -0.05) is 68.9 Å². The number of aryl methyl sites for hydroxylation is 1. The van der Waals surface area contributed by atoms with Gasteiger partial charge >= 0.3 is 0 Å². The largest absolute Gasteiger partial charge is 0.494 e. The molecular weight excluding hydrogens is 356 g/mol. The van der Waals surface area contributed by atoms with E-state index in [4.69, 9.17) is 10.00 Å². The minimum atomic E-state index is 0.462. The molecule has 1 heterocycles. The van der Waals surface area contributed by atoms with Crippen LogP contribution in [0.25, 0.3) is 10.9 Å². The summed E-state index contributed by atoms with van der Waals surface area (Å²) < 4.78 is 8.16. The van der Waals surface area contributed by atoms with Gasteiger partial charge in [-0.2, -0.15) is 5.26 Å². The summed E-state index contributed by atoms with van der Waals surface area (Å²) in [6.45, 7) is 1.91. The first-order valence-electron chi connectivity index (χ1n) is 11.0. The summed E-state index contributed by atoms with van der Waals surface area (Å²) in [5.74, 6) is 0.905. The summed E-state index contributed by atoms with van der Waals surface area (Å²) in [7, 11) is 0. The van der Waals surface area contributed by atoms with E-state index in [1.807, 2.05) is 24.3 Å². The van der Waals surface area contributed by atoms with Crippen molar-refractivity contribution in [3.63, 3.8) is 0 Å². The van der Waals surface area contributed by atoms with Crippen molar-refractivity contribution in [2.45, 2.75) is 64.3 Å². The SMILES string of the molecule is N#CCc1ccc(OCCCCCCCCCCn2ccc3ccccc32)cc1. The molecule has 0 spiro atoms. The quantitative estimate of drug-likeness (QED) is 0.298. The van der Waals surface area contributed by atoms with Gasteiger partial charge in [-0.3, -0.25) is 0 Å². The molecule has 3 heteroatoms. The molecule has 0 aliphatic rings. The minimum absolute atomic E-state index is 0.462. The zero-order valence-electron chi connectivity index (χ0n) is 17.4. The van der Waals surface area contributed by atoms with Gasteiger partial charge in [0.25, 0.3) is 0 Å². The van der Waals surface area contributed by atoms with E-state index in [2.05, 4.69) is 47.2 Å². The number of hydrogen-bond acceptors (Lipinski definition) is 2. The number of unbranched alkanes of at least 4 members (excludes halogenated alkanes) is 7. The van der Waals surface area contributed by atoms with E-state index in [1.165, 1.54) is 55.8 Å². The van der Waals surface area contributed by atoms with Crippen molar-refractivity contribution in [3.8, 4) is 11.8 Å². The summed E-state index contributed by atoms with van der Waals surface area (Å²) in [6, 6.07) is 20.9. The lowest BCUT2D eigenvalue weighted by molar-refractivity contribution is 0.304. The average Bonchev–Trinajstić information content (AvgIpc) is 3.16. The zero-order chi connectivity index (χ0) is 20.2. The number of aromatic nitrogens is 1. The van der Waals surface area contributed by atoms with E-state index >= 15 is 0 Å². The molecule has 0 saturated heterocycles. The van der Waals surface area contributed by atoms with Gasteiger partial charge in [0.1, 0.15) is 5.75 Å². The number of rotatable bonds is 13. The Balaban J connectivity index is 1.16. The van der Waals surface area contributed by atoms with Crippen molar-refractivity contribution in [1.82, 2.24) is 4.57 Å². The van der Waals surface area contributed by atoms with Crippen molar-refractivity contribution in [3.05, 3.63) is 66.4 Å². The smallest absolute Gasteiger partial charge is 0.119 e. The van der Waals surface area contributed by atoms with Gasteiger partial charge in [-0.15, -0.1) is 0 Å². The van der Waals surface area contributed by atoms with E-state index in [1.54, 1.807) is 0 Å². The second kappa shape index (κ2) is 12.0. The standard InChI is InChI=1S/C26H32N2O/c27-19-17-23-13-15-25(16-14-23)29-22-10-6-4-2-1-3-5-9-20-28-21-18-24-11-7-8-12-26(24)28/h7-8,11-16,18,21H,1-6,9-10,17,20,22H2. The van der Waals surface area contributed by atoms with Crippen LogP contribution in [-0.4, -0.2) is 11.2 Å². The highest BCUT2D eigenvalue weighted by Crippen LogP contribution is 2.17. The third-order valence-electron chi connectivity index (χ3n) is 5.45. The van der Waals surface area contributed by atoms with Crippen molar-refractivity contribution in [1.29, 1.82) is 5.26 Å². The Bertz CT molecular complexity index is 889. The molecule has 29 heavy (non-hydrogen) atoms. The van der Waals surface area contributed by atoms with Crippen molar-refractivity contribution in [2.75, 3.05) is 6.61 Å². The van der Waals surface area contributed by atoms with E-state index in [0.717, 1.165) is 30.9 Å². The van der Waals surface area contributed by atoms with E-state index in [9.17, 15) is 0 Å². The maximum atomic E-state index is 8.69. The topological polar surface area (TPSA) is 37.9 Å². The molecule has 0 aliphatic carbocycles. The van der Waals surface area contributed by atoms with Crippen LogP contribution in [-0.2, 0) is 13.0 Å². The van der Waals surface area contributed by atoms with Crippen LogP contribution in [0.5, 0.6) is 5.75 Å². The average molecular weight is 389 g/mol. The number of hydrogen-bond donors (Lipinski definition) is 0. The highest BCUT2D eigenvalue weighted by molar-refractivity contribution is 5.79. The number of fused-ring (bicyclic) bond motifs is 1. The van der Waals surface area contributed by atoms with Crippen LogP contribution >= 0.6 is 0 Å². The van der Waals surface area contributed by atoms with Crippen molar-refractivity contribution < 1.29 is 4.74 Å². The van der Waals surface area contributed by atoms with Gasteiger partial charge in [0.15, 0.2) is 0 Å². The second-order valence-electron chi connectivity index (χ2n) is 7.72.